The van der Waals surface area contributed by atoms with Crippen molar-refractivity contribution in [2.75, 3.05) is 29.5 Å². The monoisotopic (exact) mass is 366 g/mol. The zero-order chi connectivity index (χ0) is 19.6. The average Bonchev–Trinajstić information content (AvgIpc) is 3.11. The molecule has 0 saturated carbocycles. The molecule has 2 heterocycles. The molecule has 0 unspecified atom stereocenters. The SMILES string of the molecule is Cc1ccc(-c2ncn[nH]2)cc1Nc1c(N)ncnc1N(C)CC(C)(C)C. The quantitative estimate of drug-likeness (QED) is 0.635. The summed E-state index contributed by atoms with van der Waals surface area (Å²) in [6, 6.07) is 6.03. The Morgan fingerprint density at radius 1 is 1.15 bits per heavy atom. The number of nitrogens with two attached hydrogens (primary N) is 1. The Kier molecular flexibility index (Phi) is 4.98. The summed E-state index contributed by atoms with van der Waals surface area (Å²) in [5.41, 5.74) is 9.92. The van der Waals surface area contributed by atoms with Gasteiger partial charge in [-0.25, -0.2) is 15.0 Å². The van der Waals surface area contributed by atoms with Gasteiger partial charge >= 0.3 is 0 Å². The van der Waals surface area contributed by atoms with Crippen LogP contribution in [0.4, 0.5) is 23.0 Å². The molecule has 0 amide bonds. The van der Waals surface area contributed by atoms with Crippen molar-refractivity contribution in [3.8, 4) is 11.4 Å². The van der Waals surface area contributed by atoms with E-state index in [1.165, 1.54) is 12.7 Å². The van der Waals surface area contributed by atoms with Gasteiger partial charge in [-0.2, -0.15) is 5.10 Å². The van der Waals surface area contributed by atoms with Crippen molar-refractivity contribution in [3.63, 3.8) is 0 Å². The fourth-order valence-electron chi connectivity index (χ4n) is 2.97. The lowest BCUT2D eigenvalue weighted by atomic mass is 9.96. The Morgan fingerprint density at radius 3 is 2.59 bits per heavy atom. The third-order valence-corrected chi connectivity index (χ3v) is 4.12. The minimum atomic E-state index is 0.119. The molecule has 1 aromatic carbocycles. The van der Waals surface area contributed by atoms with E-state index >= 15 is 0 Å². The van der Waals surface area contributed by atoms with Gasteiger partial charge in [-0.1, -0.05) is 32.9 Å². The van der Waals surface area contributed by atoms with Gasteiger partial charge in [-0.15, -0.1) is 0 Å². The number of benzene rings is 1. The molecule has 0 aliphatic rings. The second-order valence-electron chi connectivity index (χ2n) is 7.86. The fraction of sp³-hybridized carbons (Fsp3) is 0.368. The average molecular weight is 366 g/mol. The van der Waals surface area contributed by atoms with Gasteiger partial charge in [0.05, 0.1) is 0 Å². The first-order valence-electron chi connectivity index (χ1n) is 8.79. The number of H-pyrrole nitrogens is 1. The fourth-order valence-corrected chi connectivity index (χ4v) is 2.97. The van der Waals surface area contributed by atoms with E-state index in [1.807, 2.05) is 32.2 Å². The van der Waals surface area contributed by atoms with Crippen molar-refractivity contribution in [1.82, 2.24) is 25.1 Å². The van der Waals surface area contributed by atoms with Crippen molar-refractivity contribution >= 4 is 23.0 Å². The summed E-state index contributed by atoms with van der Waals surface area (Å²) in [6.45, 7) is 9.42. The highest BCUT2D eigenvalue weighted by atomic mass is 15.2. The Labute approximate surface area is 159 Å². The number of aryl methyl sites for hydroxylation is 1. The molecule has 0 saturated heterocycles. The summed E-state index contributed by atoms with van der Waals surface area (Å²) in [6.07, 6.45) is 2.98. The summed E-state index contributed by atoms with van der Waals surface area (Å²) >= 11 is 0. The molecule has 0 radical (unpaired) electrons. The van der Waals surface area contributed by atoms with E-state index in [1.54, 1.807) is 0 Å². The first kappa shape index (κ1) is 18.6. The number of aromatic amines is 1. The summed E-state index contributed by atoms with van der Waals surface area (Å²) in [7, 11) is 2.01. The first-order valence-corrected chi connectivity index (χ1v) is 8.79. The van der Waals surface area contributed by atoms with Crippen LogP contribution in [0.25, 0.3) is 11.4 Å². The number of nitrogens with one attached hydrogen (secondary N) is 2. The minimum absolute atomic E-state index is 0.119. The van der Waals surface area contributed by atoms with Crippen molar-refractivity contribution in [1.29, 1.82) is 0 Å². The lowest BCUT2D eigenvalue weighted by Crippen LogP contribution is -2.30. The number of rotatable bonds is 5. The molecule has 3 aromatic rings. The van der Waals surface area contributed by atoms with Crippen LogP contribution in [0.3, 0.4) is 0 Å². The summed E-state index contributed by atoms with van der Waals surface area (Å²) in [5.74, 6) is 1.88. The number of hydrogen-bond acceptors (Lipinski definition) is 7. The van der Waals surface area contributed by atoms with Crippen LogP contribution in [0.15, 0.2) is 30.9 Å². The minimum Gasteiger partial charge on any atom is -0.382 e. The van der Waals surface area contributed by atoms with Gasteiger partial charge < -0.3 is 16.0 Å². The lowest BCUT2D eigenvalue weighted by Gasteiger charge is -2.29. The van der Waals surface area contributed by atoms with Crippen molar-refractivity contribution in [2.24, 2.45) is 5.41 Å². The topological polar surface area (TPSA) is 109 Å². The molecule has 0 fully saturated rings. The van der Waals surface area contributed by atoms with Gasteiger partial charge in [0.2, 0.25) is 0 Å². The molecule has 4 N–H and O–H groups in total. The summed E-state index contributed by atoms with van der Waals surface area (Å²) < 4.78 is 0. The lowest BCUT2D eigenvalue weighted by molar-refractivity contribution is 0.418. The normalized spacial score (nSPS) is 11.4. The van der Waals surface area contributed by atoms with Crippen molar-refractivity contribution < 1.29 is 0 Å². The molecule has 0 aliphatic carbocycles. The standard InChI is InChI=1S/C19H26N8/c1-12-6-7-13(17-22-11-24-26-17)8-14(12)25-15-16(20)21-10-23-18(15)27(5)9-19(2,3)4/h6-8,10-11,25H,9H2,1-5H3,(H2,20,21,23)(H,22,24,26). The van der Waals surface area contributed by atoms with Crippen LogP contribution in [-0.2, 0) is 0 Å². The van der Waals surface area contributed by atoms with Gasteiger partial charge in [-0.3, -0.25) is 5.10 Å². The molecule has 2 aromatic heterocycles. The molecule has 8 heteroatoms. The highest BCUT2D eigenvalue weighted by molar-refractivity contribution is 5.82. The zero-order valence-electron chi connectivity index (χ0n) is 16.4. The molecule has 0 spiro atoms. The number of hydrogen-bond donors (Lipinski definition) is 3. The Morgan fingerprint density at radius 2 is 1.93 bits per heavy atom. The van der Waals surface area contributed by atoms with Crippen molar-refractivity contribution in [3.05, 3.63) is 36.4 Å². The van der Waals surface area contributed by atoms with Gasteiger partial charge in [0.1, 0.15) is 18.3 Å². The zero-order valence-corrected chi connectivity index (χ0v) is 16.4. The summed E-state index contributed by atoms with van der Waals surface area (Å²) in [5, 5.41) is 10.2. The third-order valence-electron chi connectivity index (χ3n) is 4.12. The second kappa shape index (κ2) is 7.22. The molecule has 0 aliphatic heterocycles. The molecule has 3 rings (SSSR count). The van der Waals surface area contributed by atoms with Crippen molar-refractivity contribution in [2.45, 2.75) is 27.7 Å². The van der Waals surface area contributed by atoms with E-state index in [2.05, 4.69) is 56.1 Å². The molecule has 0 bridgehead atoms. The second-order valence-corrected chi connectivity index (χ2v) is 7.86. The smallest absolute Gasteiger partial charge is 0.157 e. The molecule has 8 nitrogen and oxygen atoms in total. The predicted octanol–water partition coefficient (Wildman–Crippen LogP) is 3.38. The first-order chi connectivity index (χ1) is 12.7. The van der Waals surface area contributed by atoms with E-state index in [0.717, 1.165) is 29.2 Å². The largest absolute Gasteiger partial charge is 0.382 e. The number of nitrogen functional groups attached to an aromatic ring is 1. The maximum atomic E-state index is 6.18. The van der Waals surface area contributed by atoms with Crippen LogP contribution in [0.5, 0.6) is 0 Å². The van der Waals surface area contributed by atoms with Crippen LogP contribution in [-0.4, -0.2) is 38.7 Å². The van der Waals surface area contributed by atoms with E-state index in [0.29, 0.717) is 17.3 Å². The van der Waals surface area contributed by atoms with Crippen LogP contribution in [0.2, 0.25) is 0 Å². The Balaban J connectivity index is 1.97. The third kappa shape index (κ3) is 4.33. The molecular formula is C19H26N8. The van der Waals surface area contributed by atoms with Gasteiger partial charge in [0, 0.05) is 24.8 Å². The maximum absolute atomic E-state index is 6.18. The highest BCUT2D eigenvalue weighted by Crippen LogP contribution is 2.34. The Hall–Kier alpha value is -3.16. The summed E-state index contributed by atoms with van der Waals surface area (Å²) in [4.78, 5) is 14.9. The van der Waals surface area contributed by atoms with Crippen LogP contribution in [0.1, 0.15) is 26.3 Å². The molecular weight excluding hydrogens is 340 g/mol. The van der Waals surface area contributed by atoms with Crippen LogP contribution < -0.4 is 16.0 Å². The maximum Gasteiger partial charge on any atom is 0.157 e. The molecule has 142 valence electrons. The van der Waals surface area contributed by atoms with Gasteiger partial charge in [0.25, 0.3) is 0 Å². The van der Waals surface area contributed by atoms with E-state index < -0.39 is 0 Å². The number of nitrogens with zero attached hydrogens (tertiary/aromatic N) is 5. The van der Waals surface area contributed by atoms with Gasteiger partial charge in [0.15, 0.2) is 17.5 Å². The van der Waals surface area contributed by atoms with E-state index in [-0.39, 0.29) is 5.41 Å². The van der Waals surface area contributed by atoms with E-state index in [9.17, 15) is 0 Å². The van der Waals surface area contributed by atoms with Gasteiger partial charge in [-0.05, 0) is 24.0 Å². The molecule has 27 heavy (non-hydrogen) atoms. The Bertz CT molecular complexity index is 912. The predicted molar refractivity (Wildman–Crippen MR) is 109 cm³/mol. The van der Waals surface area contributed by atoms with E-state index in [4.69, 9.17) is 5.73 Å². The number of anilines is 4. The van der Waals surface area contributed by atoms with Crippen LogP contribution in [0, 0.1) is 12.3 Å². The highest BCUT2D eigenvalue weighted by Gasteiger charge is 2.19. The molecule has 0 atom stereocenters. The number of aromatic nitrogens is 5. The van der Waals surface area contributed by atoms with Crippen LogP contribution >= 0.6 is 0 Å².